The molecular weight excluding hydrogens is 414 g/mol. The molecule has 1 N–H and O–H groups in total. The summed E-state index contributed by atoms with van der Waals surface area (Å²) in [5.74, 6) is 0. The van der Waals surface area contributed by atoms with Crippen LogP contribution in [0.4, 0.5) is 0 Å². The van der Waals surface area contributed by atoms with Gasteiger partial charge in [-0.3, -0.25) is 0 Å². The normalized spacial score (nSPS) is 14.1. The van der Waals surface area contributed by atoms with E-state index in [0.717, 1.165) is 33.1 Å². The van der Waals surface area contributed by atoms with Crippen molar-refractivity contribution in [3.05, 3.63) is 83.1 Å². The fourth-order valence-corrected chi connectivity index (χ4v) is 4.41. The molecule has 3 aromatic rings. The van der Waals surface area contributed by atoms with Crippen molar-refractivity contribution in [2.24, 2.45) is 0 Å². The average Bonchev–Trinajstić information content (AvgIpc) is 3.33. The second kappa shape index (κ2) is 8.08. The molecule has 1 aromatic carbocycles. The van der Waals surface area contributed by atoms with Crippen LogP contribution in [0.25, 0.3) is 26.7 Å². The van der Waals surface area contributed by atoms with E-state index in [9.17, 15) is 10.4 Å². The topological polar surface area (TPSA) is 61.8 Å². The Balaban J connectivity index is 1.84. The highest BCUT2D eigenvalue weighted by Gasteiger charge is 2.25. The van der Waals surface area contributed by atoms with Crippen LogP contribution in [-0.4, -0.2) is 14.9 Å². The van der Waals surface area contributed by atoms with Crippen LogP contribution in [0.15, 0.2) is 71.8 Å². The molecule has 0 saturated heterocycles. The highest BCUT2D eigenvalue weighted by molar-refractivity contribution is 7.18. The maximum atomic E-state index is 10.6. The smallest absolute Gasteiger partial charge is 0.103 e. The highest BCUT2D eigenvalue weighted by atomic mass is 35.5. The quantitative estimate of drug-likeness (QED) is 0.525. The number of halogens is 1. The van der Waals surface area contributed by atoms with E-state index in [1.165, 1.54) is 0 Å². The van der Waals surface area contributed by atoms with E-state index in [2.05, 4.69) is 11.2 Å². The van der Waals surface area contributed by atoms with Gasteiger partial charge in [-0.1, -0.05) is 42.0 Å². The second-order valence-electron chi connectivity index (χ2n) is 7.51. The second-order valence-corrected chi connectivity index (χ2v) is 9.00. The van der Waals surface area contributed by atoms with Gasteiger partial charge in [0.15, 0.2) is 0 Å². The molecule has 0 amide bonds. The number of aliphatic hydroxyl groups is 1. The molecule has 0 radical (unpaired) electrons. The molecule has 1 aliphatic rings. The minimum Gasteiger partial charge on any atom is -0.384 e. The molecule has 0 unspecified atom stereocenters. The number of hydrogen-bond acceptors (Lipinski definition) is 4. The van der Waals surface area contributed by atoms with E-state index in [0.29, 0.717) is 16.3 Å². The summed E-state index contributed by atoms with van der Waals surface area (Å²) in [5, 5.41) is 25.0. The lowest BCUT2D eigenvalue weighted by Gasteiger charge is -2.13. The Labute approximate surface area is 184 Å². The van der Waals surface area contributed by atoms with Gasteiger partial charge in [-0.05, 0) is 62.2 Å². The summed E-state index contributed by atoms with van der Waals surface area (Å²) in [7, 11) is 0. The van der Waals surface area contributed by atoms with Gasteiger partial charge in [0, 0.05) is 4.88 Å². The molecule has 2 aromatic heterocycles. The van der Waals surface area contributed by atoms with Crippen LogP contribution in [0.1, 0.15) is 31.5 Å². The highest BCUT2D eigenvalue weighted by Crippen LogP contribution is 2.38. The van der Waals surface area contributed by atoms with Gasteiger partial charge in [-0.25, -0.2) is 4.68 Å². The monoisotopic (exact) mass is 433 g/mol. The van der Waals surface area contributed by atoms with Crippen molar-refractivity contribution < 1.29 is 5.11 Å². The summed E-state index contributed by atoms with van der Waals surface area (Å²) in [6.45, 7) is 3.44. The maximum absolute atomic E-state index is 10.6. The first-order valence-electron chi connectivity index (χ1n) is 9.54. The number of allylic oxidation sites excluding steroid dienone is 6. The predicted molar refractivity (Wildman–Crippen MR) is 123 cm³/mol. The Morgan fingerprint density at radius 2 is 2.00 bits per heavy atom. The summed E-state index contributed by atoms with van der Waals surface area (Å²) in [5.41, 5.74) is 2.72. The lowest BCUT2D eigenvalue weighted by molar-refractivity contribution is 0.0735. The molecule has 0 spiro atoms. The van der Waals surface area contributed by atoms with E-state index in [-0.39, 0.29) is 0 Å². The van der Waals surface area contributed by atoms with Crippen molar-refractivity contribution in [3.8, 4) is 27.1 Å². The summed E-state index contributed by atoms with van der Waals surface area (Å²) in [6, 6.07) is 15.7. The molecule has 0 saturated carbocycles. The van der Waals surface area contributed by atoms with Gasteiger partial charge in [0.05, 0.1) is 38.6 Å². The minimum absolute atomic E-state index is 0.567. The Bertz CT molecular complexity index is 1230. The maximum Gasteiger partial charge on any atom is 0.103 e. The Morgan fingerprint density at radius 3 is 2.77 bits per heavy atom. The SMILES string of the molecule is CC(C)(O)c1cc(-c2ccc(-c3cccc(C#N)c3)s2)n(C2=CC=CCC=C2Cl)n1. The van der Waals surface area contributed by atoms with Gasteiger partial charge < -0.3 is 5.11 Å². The fraction of sp³-hybridized carbons (Fsp3) is 0.167. The minimum atomic E-state index is -1.08. The average molecular weight is 434 g/mol. The molecule has 0 bridgehead atoms. The standard InChI is InChI=1S/C24H20ClN3OS/c1-24(2,29)23-14-20(28(27-23)19-10-5-3-4-9-18(19)25)22-12-11-21(30-22)17-8-6-7-16(13-17)15-26/h3,5-14,29H,4H2,1-2H3. The van der Waals surface area contributed by atoms with Crippen LogP contribution in [0.5, 0.6) is 0 Å². The number of aromatic nitrogens is 2. The lowest BCUT2D eigenvalue weighted by atomic mass is 10.1. The zero-order chi connectivity index (χ0) is 21.3. The van der Waals surface area contributed by atoms with E-state index in [1.54, 1.807) is 35.9 Å². The van der Waals surface area contributed by atoms with Crippen LogP contribution in [0, 0.1) is 11.3 Å². The largest absolute Gasteiger partial charge is 0.384 e. The molecule has 4 rings (SSSR count). The van der Waals surface area contributed by atoms with Crippen LogP contribution >= 0.6 is 22.9 Å². The predicted octanol–water partition coefficient (Wildman–Crippen LogP) is 6.30. The Kier molecular flexibility index (Phi) is 5.48. The van der Waals surface area contributed by atoms with Crippen molar-refractivity contribution >= 4 is 28.6 Å². The molecular formula is C24H20ClN3OS. The zero-order valence-corrected chi connectivity index (χ0v) is 18.2. The molecule has 30 heavy (non-hydrogen) atoms. The zero-order valence-electron chi connectivity index (χ0n) is 16.6. The number of rotatable bonds is 4. The van der Waals surface area contributed by atoms with Gasteiger partial charge in [0.25, 0.3) is 0 Å². The van der Waals surface area contributed by atoms with E-state index in [1.807, 2.05) is 60.7 Å². The molecule has 1 aliphatic carbocycles. The number of nitrogens with zero attached hydrogens (tertiary/aromatic N) is 3. The number of nitriles is 1. The summed E-state index contributed by atoms with van der Waals surface area (Å²) < 4.78 is 1.79. The summed E-state index contributed by atoms with van der Waals surface area (Å²) in [6.07, 6.45) is 8.62. The Hall–Kier alpha value is -2.91. The first-order valence-corrected chi connectivity index (χ1v) is 10.7. The molecule has 0 aliphatic heterocycles. The van der Waals surface area contributed by atoms with Gasteiger partial charge in [-0.2, -0.15) is 10.4 Å². The molecule has 4 nitrogen and oxygen atoms in total. The number of hydrogen-bond donors (Lipinski definition) is 1. The first kappa shape index (κ1) is 20.4. The van der Waals surface area contributed by atoms with Gasteiger partial charge in [-0.15, -0.1) is 11.3 Å². The molecule has 2 heterocycles. The van der Waals surface area contributed by atoms with E-state index < -0.39 is 5.60 Å². The molecule has 6 heteroatoms. The van der Waals surface area contributed by atoms with Crippen molar-refractivity contribution in [2.75, 3.05) is 0 Å². The van der Waals surface area contributed by atoms with E-state index in [4.69, 9.17) is 11.6 Å². The van der Waals surface area contributed by atoms with Crippen LogP contribution in [-0.2, 0) is 5.60 Å². The number of benzene rings is 1. The first-order chi connectivity index (χ1) is 14.4. The third-order valence-electron chi connectivity index (χ3n) is 4.77. The van der Waals surface area contributed by atoms with Crippen molar-refractivity contribution in [3.63, 3.8) is 0 Å². The van der Waals surface area contributed by atoms with Gasteiger partial charge in [0.1, 0.15) is 5.60 Å². The van der Waals surface area contributed by atoms with Crippen LogP contribution in [0.2, 0.25) is 0 Å². The van der Waals surface area contributed by atoms with Crippen LogP contribution in [0.3, 0.4) is 0 Å². The van der Waals surface area contributed by atoms with Gasteiger partial charge in [0.2, 0.25) is 0 Å². The van der Waals surface area contributed by atoms with Crippen molar-refractivity contribution in [1.29, 1.82) is 5.26 Å². The number of thiophene rings is 1. The third kappa shape index (κ3) is 4.03. The fourth-order valence-electron chi connectivity index (χ4n) is 3.18. The van der Waals surface area contributed by atoms with Crippen molar-refractivity contribution in [1.82, 2.24) is 9.78 Å². The van der Waals surface area contributed by atoms with Gasteiger partial charge >= 0.3 is 0 Å². The molecule has 0 atom stereocenters. The summed E-state index contributed by atoms with van der Waals surface area (Å²) >= 11 is 8.15. The molecule has 0 fully saturated rings. The molecule has 150 valence electrons. The third-order valence-corrected chi connectivity index (χ3v) is 6.27. The van der Waals surface area contributed by atoms with Crippen LogP contribution < -0.4 is 0 Å². The lowest BCUT2D eigenvalue weighted by Crippen LogP contribution is -2.16. The van der Waals surface area contributed by atoms with Crippen molar-refractivity contribution in [2.45, 2.75) is 25.9 Å². The Morgan fingerprint density at radius 1 is 1.20 bits per heavy atom. The van der Waals surface area contributed by atoms with E-state index >= 15 is 0 Å². The summed E-state index contributed by atoms with van der Waals surface area (Å²) in [4.78, 5) is 2.05.